The van der Waals surface area contributed by atoms with Gasteiger partial charge < -0.3 is 0 Å². The van der Waals surface area contributed by atoms with Gasteiger partial charge in [-0.2, -0.15) is 5.26 Å². The Bertz CT molecular complexity index is 641. The molecule has 0 saturated carbocycles. The first kappa shape index (κ1) is 13.0. The van der Waals surface area contributed by atoms with Gasteiger partial charge in [-0.25, -0.2) is 4.99 Å². The van der Waals surface area contributed by atoms with Crippen LogP contribution in [0.15, 0.2) is 34.2 Å². The molecule has 0 atom stereocenters. The zero-order valence-electron chi connectivity index (χ0n) is 9.57. The number of benzene rings is 1. The Kier molecular flexibility index (Phi) is 3.73. The molecule has 0 fully saturated rings. The third kappa shape index (κ3) is 3.05. The predicted octanol–water partition coefficient (Wildman–Crippen LogP) is 2.52. The Morgan fingerprint density at radius 3 is 2.68 bits per heavy atom. The highest BCUT2D eigenvalue weighted by atomic mass is 32.2. The van der Waals surface area contributed by atoms with Crippen molar-refractivity contribution >= 4 is 34.5 Å². The fraction of sp³-hybridized carbons (Fsp3) is 0.0833. The van der Waals surface area contributed by atoms with Crippen LogP contribution in [0.1, 0.15) is 12.0 Å². The molecule has 94 valence electrons. The zero-order chi connectivity index (χ0) is 13.8. The van der Waals surface area contributed by atoms with E-state index in [1.165, 1.54) is 12.1 Å². The molecule has 0 spiro atoms. The molecule has 1 aromatic carbocycles. The molecule has 1 aliphatic rings. The van der Waals surface area contributed by atoms with Gasteiger partial charge in [-0.05, 0) is 23.8 Å². The smallest absolute Gasteiger partial charge is 0.266 e. The lowest BCUT2D eigenvalue weighted by Crippen LogP contribution is -1.89. The van der Waals surface area contributed by atoms with E-state index < -0.39 is 4.92 Å². The molecule has 0 aromatic heterocycles. The lowest BCUT2D eigenvalue weighted by atomic mass is 10.2. The summed E-state index contributed by atoms with van der Waals surface area (Å²) in [7, 11) is 0. The molecule has 0 radical (unpaired) electrons. The Balaban J connectivity index is 2.17. The van der Waals surface area contributed by atoms with Crippen LogP contribution in [0, 0.1) is 21.4 Å². The molecular formula is C12H7N3O3S. The van der Waals surface area contributed by atoms with Crippen molar-refractivity contribution in [3.63, 3.8) is 0 Å². The third-order valence-corrected chi connectivity index (χ3v) is 3.28. The van der Waals surface area contributed by atoms with Gasteiger partial charge in [-0.15, -0.1) is 0 Å². The number of nitro groups is 1. The first-order valence-corrected chi connectivity index (χ1v) is 6.04. The number of hydrogen-bond donors (Lipinski definition) is 0. The largest absolute Gasteiger partial charge is 0.284 e. The van der Waals surface area contributed by atoms with E-state index in [1.807, 2.05) is 6.07 Å². The quantitative estimate of drug-likeness (QED) is 0.479. The van der Waals surface area contributed by atoms with Crippen molar-refractivity contribution in [2.75, 3.05) is 0 Å². The van der Waals surface area contributed by atoms with Crippen molar-refractivity contribution in [2.24, 2.45) is 4.99 Å². The number of carbonyl (C=O) groups is 1. The number of amides is 1. The number of thioether (sulfide) groups is 1. The average molecular weight is 273 g/mol. The van der Waals surface area contributed by atoms with Gasteiger partial charge in [0.05, 0.1) is 27.4 Å². The van der Waals surface area contributed by atoms with Crippen molar-refractivity contribution in [3.8, 4) is 6.07 Å². The Labute approximate surface area is 112 Å². The molecule has 0 aliphatic carbocycles. The second-order valence-corrected chi connectivity index (χ2v) is 4.72. The number of non-ortho nitro benzene ring substituents is 1. The summed E-state index contributed by atoms with van der Waals surface area (Å²) in [5.74, 6) is -0.381. The van der Waals surface area contributed by atoms with E-state index in [0.29, 0.717) is 15.5 Å². The SMILES string of the molecule is N#CCC1=NC(=O)/C(=C/c2ccc([N+](=O)[O-])cc2)S1. The fourth-order valence-corrected chi connectivity index (χ4v) is 2.29. The molecule has 1 aromatic rings. The van der Waals surface area contributed by atoms with Crippen molar-refractivity contribution in [1.82, 2.24) is 0 Å². The van der Waals surface area contributed by atoms with E-state index >= 15 is 0 Å². The average Bonchev–Trinajstić information content (AvgIpc) is 2.71. The van der Waals surface area contributed by atoms with Crippen LogP contribution in [-0.4, -0.2) is 15.9 Å². The molecule has 0 unspecified atom stereocenters. The minimum Gasteiger partial charge on any atom is -0.266 e. The second-order valence-electron chi connectivity index (χ2n) is 3.60. The topological polar surface area (TPSA) is 96.4 Å². The number of aliphatic imine (C=N–C) groups is 1. The van der Waals surface area contributed by atoms with Crippen molar-refractivity contribution < 1.29 is 9.72 Å². The Hall–Kier alpha value is -2.46. The number of nitro benzene ring substituents is 1. The highest BCUT2D eigenvalue weighted by molar-refractivity contribution is 8.18. The maximum absolute atomic E-state index is 11.5. The highest BCUT2D eigenvalue weighted by Gasteiger charge is 2.21. The molecule has 2 rings (SSSR count). The highest BCUT2D eigenvalue weighted by Crippen LogP contribution is 2.29. The molecule has 0 saturated heterocycles. The van der Waals surface area contributed by atoms with E-state index in [-0.39, 0.29) is 18.0 Å². The van der Waals surface area contributed by atoms with E-state index in [9.17, 15) is 14.9 Å². The second kappa shape index (κ2) is 5.46. The van der Waals surface area contributed by atoms with Gasteiger partial charge in [0.25, 0.3) is 11.6 Å². The molecule has 1 amide bonds. The van der Waals surface area contributed by atoms with E-state index in [1.54, 1.807) is 18.2 Å². The molecule has 7 heteroatoms. The van der Waals surface area contributed by atoms with Crippen LogP contribution in [0.2, 0.25) is 0 Å². The summed E-state index contributed by atoms with van der Waals surface area (Å²) in [6.07, 6.45) is 1.71. The molecule has 0 bridgehead atoms. The third-order valence-electron chi connectivity index (χ3n) is 2.30. The first-order valence-electron chi connectivity index (χ1n) is 5.23. The summed E-state index contributed by atoms with van der Waals surface area (Å²) in [4.78, 5) is 25.7. The molecule has 0 N–H and O–H groups in total. The van der Waals surface area contributed by atoms with Crippen LogP contribution in [-0.2, 0) is 4.79 Å². The predicted molar refractivity (Wildman–Crippen MR) is 71.3 cm³/mol. The first-order chi connectivity index (χ1) is 9.10. The minimum absolute atomic E-state index is 0.00558. The fourth-order valence-electron chi connectivity index (χ4n) is 1.44. The summed E-state index contributed by atoms with van der Waals surface area (Å²) in [5, 5.41) is 19.5. The lowest BCUT2D eigenvalue weighted by molar-refractivity contribution is -0.384. The van der Waals surface area contributed by atoms with E-state index in [2.05, 4.69) is 4.99 Å². The number of hydrogen-bond acceptors (Lipinski definition) is 5. The van der Waals surface area contributed by atoms with Crippen LogP contribution >= 0.6 is 11.8 Å². The molecule has 1 aliphatic heterocycles. The summed E-state index contributed by atoms with van der Waals surface area (Å²) < 4.78 is 0. The normalized spacial score (nSPS) is 16.3. The van der Waals surface area contributed by atoms with E-state index in [4.69, 9.17) is 5.26 Å². The zero-order valence-corrected chi connectivity index (χ0v) is 10.4. The summed E-state index contributed by atoms with van der Waals surface area (Å²) >= 11 is 1.15. The van der Waals surface area contributed by atoms with Crippen LogP contribution in [0.5, 0.6) is 0 Å². The Morgan fingerprint density at radius 2 is 2.11 bits per heavy atom. The van der Waals surface area contributed by atoms with Crippen LogP contribution in [0.3, 0.4) is 0 Å². The van der Waals surface area contributed by atoms with Crippen molar-refractivity contribution in [1.29, 1.82) is 5.26 Å². The lowest BCUT2D eigenvalue weighted by Gasteiger charge is -1.96. The molecule has 6 nitrogen and oxygen atoms in total. The van der Waals surface area contributed by atoms with Gasteiger partial charge in [0, 0.05) is 12.1 Å². The maximum Gasteiger partial charge on any atom is 0.284 e. The number of nitrogens with zero attached hydrogens (tertiary/aromatic N) is 3. The molecule has 1 heterocycles. The van der Waals surface area contributed by atoms with Crippen LogP contribution in [0.25, 0.3) is 6.08 Å². The van der Waals surface area contributed by atoms with Crippen molar-refractivity contribution in [3.05, 3.63) is 44.8 Å². The molecule has 19 heavy (non-hydrogen) atoms. The van der Waals surface area contributed by atoms with Gasteiger partial charge >= 0.3 is 0 Å². The van der Waals surface area contributed by atoms with Gasteiger partial charge in [0.2, 0.25) is 0 Å². The Morgan fingerprint density at radius 1 is 1.42 bits per heavy atom. The number of rotatable bonds is 3. The van der Waals surface area contributed by atoms with E-state index in [0.717, 1.165) is 11.8 Å². The monoisotopic (exact) mass is 273 g/mol. The summed E-state index contributed by atoms with van der Waals surface area (Å²) in [6, 6.07) is 7.78. The summed E-state index contributed by atoms with van der Waals surface area (Å²) in [5.41, 5.74) is 0.670. The summed E-state index contributed by atoms with van der Waals surface area (Å²) in [6.45, 7) is 0. The maximum atomic E-state index is 11.5. The van der Waals surface area contributed by atoms with Crippen LogP contribution < -0.4 is 0 Å². The number of carbonyl (C=O) groups excluding carboxylic acids is 1. The number of nitriles is 1. The van der Waals surface area contributed by atoms with Gasteiger partial charge in [-0.3, -0.25) is 14.9 Å². The standard InChI is InChI=1S/C12H7N3O3S/c13-6-5-11-14-12(16)10(19-11)7-8-1-3-9(4-2-8)15(17)18/h1-4,7H,5H2/b10-7-. The molecular weight excluding hydrogens is 266 g/mol. The van der Waals surface area contributed by atoms with Gasteiger partial charge in [-0.1, -0.05) is 11.8 Å². The van der Waals surface area contributed by atoms with Crippen molar-refractivity contribution in [2.45, 2.75) is 6.42 Å². The van der Waals surface area contributed by atoms with Gasteiger partial charge in [0.1, 0.15) is 0 Å². The minimum atomic E-state index is -0.486. The van der Waals surface area contributed by atoms with Gasteiger partial charge in [0.15, 0.2) is 0 Å². The van der Waals surface area contributed by atoms with Crippen LogP contribution in [0.4, 0.5) is 5.69 Å².